The van der Waals surface area contributed by atoms with Crippen LogP contribution in [-0.4, -0.2) is 74.2 Å². The van der Waals surface area contributed by atoms with Crippen molar-refractivity contribution >= 4 is 6.03 Å². The molecule has 4 bridgehead atoms. The van der Waals surface area contributed by atoms with Gasteiger partial charge >= 0.3 is 6.03 Å². The van der Waals surface area contributed by atoms with Crippen LogP contribution >= 0.6 is 0 Å². The number of benzene rings is 1. The molecule has 4 saturated heterocycles. The van der Waals surface area contributed by atoms with E-state index in [0.717, 1.165) is 39.3 Å². The molecule has 2 amide bonds. The second-order valence-corrected chi connectivity index (χ2v) is 7.42. The first-order valence-corrected chi connectivity index (χ1v) is 8.96. The normalized spacial score (nSPS) is 37.0. The average molecular weight is 329 g/mol. The standard InChI is InChI=1S/C18H27N5O/c19-6-7-20-17(24)21-16-14-10-22-8-9-23(11-14)13-18(16,12-22)15-4-2-1-3-5-15/h1-5,14,16H,6-13,19H2,(H2,20,21,24). The molecule has 130 valence electrons. The molecule has 0 radical (unpaired) electrons. The van der Waals surface area contributed by atoms with Crippen LogP contribution in [-0.2, 0) is 5.41 Å². The van der Waals surface area contributed by atoms with Crippen molar-refractivity contribution in [1.82, 2.24) is 20.4 Å². The van der Waals surface area contributed by atoms with Crippen LogP contribution in [0, 0.1) is 5.92 Å². The highest BCUT2D eigenvalue weighted by molar-refractivity contribution is 5.74. The Hall–Kier alpha value is -1.63. The van der Waals surface area contributed by atoms with E-state index in [0.29, 0.717) is 19.0 Å². The van der Waals surface area contributed by atoms with Crippen LogP contribution in [0.15, 0.2) is 30.3 Å². The minimum atomic E-state index is -0.0862. The summed E-state index contributed by atoms with van der Waals surface area (Å²) >= 11 is 0. The molecule has 4 N–H and O–H groups in total. The smallest absolute Gasteiger partial charge is 0.315 e. The molecule has 4 heterocycles. The monoisotopic (exact) mass is 329 g/mol. The maximum Gasteiger partial charge on any atom is 0.315 e. The molecule has 6 heteroatoms. The average Bonchev–Trinajstić information content (AvgIpc) is 2.85. The van der Waals surface area contributed by atoms with Gasteiger partial charge in [-0.25, -0.2) is 4.79 Å². The van der Waals surface area contributed by atoms with Crippen LogP contribution in [0.2, 0.25) is 0 Å². The maximum absolute atomic E-state index is 12.3. The minimum absolute atomic E-state index is 0.0288. The van der Waals surface area contributed by atoms with Crippen molar-refractivity contribution in [2.75, 3.05) is 52.4 Å². The Morgan fingerprint density at radius 1 is 1.17 bits per heavy atom. The number of carbonyl (C=O) groups is 1. The maximum atomic E-state index is 12.3. The van der Waals surface area contributed by atoms with E-state index in [1.165, 1.54) is 5.56 Å². The first-order valence-electron chi connectivity index (χ1n) is 8.96. The highest BCUT2D eigenvalue weighted by Crippen LogP contribution is 2.43. The number of amides is 2. The molecule has 1 aromatic rings. The van der Waals surface area contributed by atoms with Gasteiger partial charge in [0.25, 0.3) is 0 Å². The first kappa shape index (κ1) is 15.9. The Kier molecular flexibility index (Phi) is 4.20. The van der Waals surface area contributed by atoms with Crippen LogP contribution < -0.4 is 16.4 Å². The molecule has 0 aromatic heterocycles. The molecule has 3 atom stereocenters. The van der Waals surface area contributed by atoms with E-state index < -0.39 is 0 Å². The van der Waals surface area contributed by atoms with Crippen LogP contribution in [0.25, 0.3) is 0 Å². The van der Waals surface area contributed by atoms with Crippen LogP contribution in [0.3, 0.4) is 0 Å². The van der Waals surface area contributed by atoms with Crippen molar-refractivity contribution in [1.29, 1.82) is 0 Å². The fourth-order valence-electron chi connectivity index (χ4n) is 4.95. The van der Waals surface area contributed by atoms with Gasteiger partial charge in [-0.1, -0.05) is 30.3 Å². The van der Waals surface area contributed by atoms with Crippen molar-refractivity contribution in [2.24, 2.45) is 11.7 Å². The van der Waals surface area contributed by atoms with Gasteiger partial charge in [0.15, 0.2) is 0 Å². The summed E-state index contributed by atoms with van der Waals surface area (Å²) in [6, 6.07) is 10.8. The molecule has 0 saturated carbocycles. The third-order valence-corrected chi connectivity index (χ3v) is 5.86. The zero-order valence-corrected chi connectivity index (χ0v) is 14.1. The SMILES string of the molecule is NCCNC(=O)NC1C2CN3CCN(C2)CC1(c1ccccc1)C3. The van der Waals surface area contributed by atoms with Crippen molar-refractivity contribution in [2.45, 2.75) is 11.5 Å². The lowest BCUT2D eigenvalue weighted by Gasteiger charge is -2.55. The molecule has 24 heavy (non-hydrogen) atoms. The van der Waals surface area contributed by atoms with Gasteiger partial charge in [0.05, 0.1) is 0 Å². The Labute approximate surface area is 143 Å². The fraction of sp³-hybridized carbons (Fsp3) is 0.611. The third-order valence-electron chi connectivity index (χ3n) is 5.86. The number of nitrogens with two attached hydrogens (primary N) is 1. The molecular formula is C18H27N5O. The van der Waals surface area contributed by atoms with Crippen LogP contribution in [0.5, 0.6) is 0 Å². The van der Waals surface area contributed by atoms with Gasteiger partial charge in [-0.2, -0.15) is 0 Å². The molecule has 4 aliphatic rings. The second-order valence-electron chi connectivity index (χ2n) is 7.42. The molecule has 0 aliphatic carbocycles. The summed E-state index contributed by atoms with van der Waals surface area (Å²) in [7, 11) is 0. The van der Waals surface area contributed by atoms with E-state index in [9.17, 15) is 4.79 Å². The Morgan fingerprint density at radius 2 is 1.83 bits per heavy atom. The van der Waals surface area contributed by atoms with Gasteiger partial charge in [0.2, 0.25) is 0 Å². The van der Waals surface area contributed by atoms with E-state index in [4.69, 9.17) is 5.73 Å². The summed E-state index contributed by atoms with van der Waals surface area (Å²) in [6.45, 7) is 7.44. The van der Waals surface area contributed by atoms with E-state index in [-0.39, 0.29) is 17.5 Å². The number of nitrogens with one attached hydrogen (secondary N) is 2. The quantitative estimate of drug-likeness (QED) is 0.716. The van der Waals surface area contributed by atoms with Gasteiger partial charge in [-0.3, -0.25) is 0 Å². The second kappa shape index (κ2) is 6.35. The van der Waals surface area contributed by atoms with Crippen LogP contribution in [0.1, 0.15) is 5.56 Å². The van der Waals surface area contributed by atoms with Gasteiger partial charge in [-0.15, -0.1) is 0 Å². The van der Waals surface area contributed by atoms with Gasteiger partial charge in [0.1, 0.15) is 0 Å². The molecule has 5 rings (SSSR count). The first-order chi connectivity index (χ1) is 11.7. The minimum Gasteiger partial charge on any atom is -0.337 e. The van der Waals surface area contributed by atoms with E-state index in [1.807, 2.05) is 0 Å². The molecule has 4 aliphatic heterocycles. The summed E-state index contributed by atoms with van der Waals surface area (Å²) in [5, 5.41) is 6.18. The topological polar surface area (TPSA) is 73.6 Å². The van der Waals surface area contributed by atoms with E-state index in [2.05, 4.69) is 50.8 Å². The van der Waals surface area contributed by atoms with Crippen molar-refractivity contribution in [3.05, 3.63) is 35.9 Å². The molecule has 4 fully saturated rings. The predicted molar refractivity (Wildman–Crippen MR) is 93.9 cm³/mol. The van der Waals surface area contributed by atoms with Crippen molar-refractivity contribution < 1.29 is 4.79 Å². The summed E-state index contributed by atoms with van der Waals surface area (Å²) < 4.78 is 0. The zero-order valence-electron chi connectivity index (χ0n) is 14.1. The molecular weight excluding hydrogens is 302 g/mol. The number of carbonyl (C=O) groups excluding carboxylic acids is 1. The van der Waals surface area contributed by atoms with E-state index in [1.54, 1.807) is 0 Å². The predicted octanol–water partition coefficient (Wildman–Crippen LogP) is -0.188. The molecule has 0 spiro atoms. The highest BCUT2D eigenvalue weighted by Gasteiger charge is 2.55. The van der Waals surface area contributed by atoms with Gasteiger partial charge in [0, 0.05) is 69.7 Å². The number of hydrogen-bond donors (Lipinski definition) is 3. The van der Waals surface area contributed by atoms with Gasteiger partial charge in [-0.05, 0) is 5.56 Å². The summed E-state index contributed by atoms with van der Waals surface area (Å²) in [5.41, 5.74) is 6.82. The van der Waals surface area contributed by atoms with E-state index >= 15 is 0 Å². The summed E-state index contributed by atoms with van der Waals surface area (Å²) in [6.07, 6.45) is 0. The largest absolute Gasteiger partial charge is 0.337 e. The Morgan fingerprint density at radius 3 is 2.46 bits per heavy atom. The van der Waals surface area contributed by atoms with Gasteiger partial charge < -0.3 is 26.2 Å². The number of nitrogens with zero attached hydrogens (tertiary/aromatic N) is 2. The summed E-state index contributed by atoms with van der Waals surface area (Å²) in [4.78, 5) is 17.5. The number of piperidine rings is 2. The lowest BCUT2D eigenvalue weighted by Crippen LogP contribution is -2.71. The fourth-order valence-corrected chi connectivity index (χ4v) is 4.95. The molecule has 1 aromatic carbocycles. The number of hydrogen-bond acceptors (Lipinski definition) is 4. The number of fused-ring (bicyclic) bond motifs is 1. The molecule has 6 nitrogen and oxygen atoms in total. The van der Waals surface area contributed by atoms with Crippen LogP contribution in [0.4, 0.5) is 4.79 Å². The lowest BCUT2D eigenvalue weighted by atomic mass is 9.64. The van der Waals surface area contributed by atoms with Crippen molar-refractivity contribution in [3.63, 3.8) is 0 Å². The summed E-state index contributed by atoms with van der Waals surface area (Å²) in [5.74, 6) is 0.471. The van der Waals surface area contributed by atoms with Crippen molar-refractivity contribution in [3.8, 4) is 0 Å². The Balaban J connectivity index is 1.67. The zero-order chi connectivity index (χ0) is 16.6. The third kappa shape index (κ3) is 2.68. The lowest BCUT2D eigenvalue weighted by molar-refractivity contribution is 0.0231. The molecule has 3 unspecified atom stereocenters. The number of urea groups is 1. The number of rotatable bonds is 4. The highest BCUT2D eigenvalue weighted by atomic mass is 16.2. The Bertz CT molecular complexity index is 576.